The van der Waals surface area contributed by atoms with Crippen LogP contribution in [0.25, 0.3) is 0 Å². The van der Waals surface area contributed by atoms with Crippen LogP contribution in [0.15, 0.2) is 15.0 Å². The van der Waals surface area contributed by atoms with Gasteiger partial charge in [-0.2, -0.15) is 0 Å². The summed E-state index contributed by atoms with van der Waals surface area (Å²) in [6.07, 6.45) is 1.08. The van der Waals surface area contributed by atoms with E-state index in [-0.39, 0.29) is 24.8 Å². The molecule has 0 heterocycles. The Kier molecular flexibility index (Phi) is 36.4. The number of hydrogen-bond acceptors (Lipinski definition) is 5. The molecule has 0 saturated carbocycles. The van der Waals surface area contributed by atoms with Crippen LogP contribution in [0.2, 0.25) is 0 Å². The topological polar surface area (TPSA) is 64.2 Å². The number of rotatable bonds is 6. The van der Waals surface area contributed by atoms with Gasteiger partial charge >= 0.3 is 0 Å². The molecule has 0 amide bonds. The number of halogens is 2. The monoisotopic (exact) mass is 297 g/mol. The Morgan fingerprint density at radius 3 is 1.89 bits per heavy atom. The Hall–Kier alpha value is -0.700. The van der Waals surface area contributed by atoms with Crippen molar-refractivity contribution in [3.05, 3.63) is 0 Å². The van der Waals surface area contributed by atoms with Crippen LogP contribution in [0.3, 0.4) is 0 Å². The van der Waals surface area contributed by atoms with Crippen LogP contribution in [0.4, 0.5) is 0 Å². The summed E-state index contributed by atoms with van der Waals surface area (Å²) in [6, 6.07) is 4.53. The van der Waals surface area contributed by atoms with Crippen molar-refractivity contribution in [3.63, 3.8) is 0 Å². The van der Waals surface area contributed by atoms with Gasteiger partial charge in [0, 0.05) is 13.1 Å². The maximum absolute atomic E-state index is 6.19. The van der Waals surface area contributed by atoms with Gasteiger partial charge in [-0.05, 0) is 40.9 Å². The summed E-state index contributed by atoms with van der Waals surface area (Å²) in [4.78, 5) is 13.4. The third-order valence-electron chi connectivity index (χ3n) is 1.41. The van der Waals surface area contributed by atoms with E-state index in [2.05, 4.69) is 40.0 Å². The molecule has 0 saturated heterocycles. The lowest BCUT2D eigenvalue weighted by molar-refractivity contribution is 0.403. The molecule has 7 heteroatoms. The molecule has 0 aromatic rings. The zero-order valence-electron chi connectivity index (χ0n) is 11.6. The van der Waals surface area contributed by atoms with Gasteiger partial charge in [0.05, 0.1) is 18.6 Å². The second-order valence-electron chi connectivity index (χ2n) is 3.20. The van der Waals surface area contributed by atoms with E-state index < -0.39 is 0 Å². The first-order chi connectivity index (χ1) is 7.68. The summed E-state index contributed by atoms with van der Waals surface area (Å²) in [5.74, 6) is 0. The molecule has 108 valence electrons. The van der Waals surface area contributed by atoms with Crippen molar-refractivity contribution in [1.29, 1.82) is 5.41 Å². The molecular formula is C11H25Cl2N5. The smallest absolute Gasteiger partial charge is 0.0892 e. The summed E-state index contributed by atoms with van der Waals surface area (Å²) in [6.45, 7) is 7.20. The molecule has 0 aromatic carbocycles. The van der Waals surface area contributed by atoms with Gasteiger partial charge in [0.2, 0.25) is 0 Å². The van der Waals surface area contributed by atoms with Crippen molar-refractivity contribution in [2.45, 2.75) is 20.3 Å². The molecule has 0 aliphatic heterocycles. The first-order valence-electron chi connectivity index (χ1n) is 5.49. The highest BCUT2D eigenvalue weighted by Crippen LogP contribution is 1.82. The molecule has 1 N–H and O–H groups in total. The van der Waals surface area contributed by atoms with Gasteiger partial charge in [-0.25, -0.2) is 20.4 Å². The van der Waals surface area contributed by atoms with Gasteiger partial charge in [-0.15, -0.1) is 24.8 Å². The molecule has 18 heavy (non-hydrogen) atoms. The molecule has 0 aromatic heterocycles. The maximum Gasteiger partial charge on any atom is 0.0892 e. The summed E-state index contributed by atoms with van der Waals surface area (Å²) in [5.41, 5.74) is 0. The zero-order chi connectivity index (χ0) is 12.6. The molecule has 0 bridgehead atoms. The fourth-order valence-electron chi connectivity index (χ4n) is 0.716. The first kappa shape index (κ1) is 26.0. The van der Waals surface area contributed by atoms with Gasteiger partial charge in [0.25, 0.3) is 0 Å². The summed E-state index contributed by atoms with van der Waals surface area (Å²) < 4.78 is 0. The zero-order valence-corrected chi connectivity index (χ0v) is 13.3. The Morgan fingerprint density at radius 1 is 1.00 bits per heavy atom. The second-order valence-corrected chi connectivity index (χ2v) is 3.20. The molecule has 0 spiro atoms. The highest BCUT2D eigenvalue weighted by molar-refractivity contribution is 5.85. The standard InChI is InChI=1S/C8H17N3.C3H6N2.2ClH/c1-4-9-8-10-6-5-7-11(2)3;1-2-5-3-4;;/h4-7H2,1-3H3;4H,2H2,1H3;2*1H. The normalized spacial score (nSPS) is 7.39. The number of hydrogen-bond donors (Lipinski definition) is 1. The molecule has 5 nitrogen and oxygen atoms in total. The molecule has 0 unspecified atom stereocenters. The van der Waals surface area contributed by atoms with E-state index in [1.165, 1.54) is 0 Å². The van der Waals surface area contributed by atoms with E-state index in [0.29, 0.717) is 6.54 Å². The number of aliphatic imine (C=N–C) groups is 3. The third kappa shape index (κ3) is 36.2. The number of nitrogens with one attached hydrogen (secondary N) is 1. The maximum atomic E-state index is 6.19. The Morgan fingerprint density at radius 2 is 1.56 bits per heavy atom. The Balaban J connectivity index is -0.000000122. The van der Waals surface area contributed by atoms with Gasteiger partial charge in [0.15, 0.2) is 0 Å². The van der Waals surface area contributed by atoms with Crippen molar-refractivity contribution in [2.75, 3.05) is 40.3 Å². The predicted molar refractivity (Wildman–Crippen MR) is 83.6 cm³/mol. The highest BCUT2D eigenvalue weighted by atomic mass is 35.5. The van der Waals surface area contributed by atoms with Crippen LogP contribution >= 0.6 is 24.8 Å². The Bertz CT molecular complexity index is 244. The molecule has 0 fully saturated rings. The predicted octanol–water partition coefficient (Wildman–Crippen LogP) is 2.73. The van der Waals surface area contributed by atoms with E-state index in [1.54, 1.807) is 0 Å². The summed E-state index contributed by atoms with van der Waals surface area (Å²) in [7, 11) is 4.12. The molecule has 0 atom stereocenters. The lowest BCUT2D eigenvalue weighted by atomic mass is 10.4. The van der Waals surface area contributed by atoms with Crippen molar-refractivity contribution in [3.8, 4) is 0 Å². The van der Waals surface area contributed by atoms with Crippen LogP contribution in [0.1, 0.15) is 20.3 Å². The minimum Gasteiger partial charge on any atom is -0.309 e. The SMILES string of the molecule is CCN=C=N.CCN=C=NCCCN(C)C.Cl.Cl. The van der Waals surface area contributed by atoms with Gasteiger partial charge in [-0.3, -0.25) is 0 Å². The van der Waals surface area contributed by atoms with E-state index in [9.17, 15) is 0 Å². The van der Waals surface area contributed by atoms with Crippen molar-refractivity contribution < 1.29 is 0 Å². The van der Waals surface area contributed by atoms with Gasteiger partial charge in [-0.1, -0.05) is 0 Å². The molecule has 0 radical (unpaired) electrons. The minimum absolute atomic E-state index is 0. The fourth-order valence-corrected chi connectivity index (χ4v) is 0.716. The molecule has 0 aliphatic carbocycles. The quantitative estimate of drug-likeness (QED) is 0.594. The molecule has 0 aliphatic rings. The van der Waals surface area contributed by atoms with Crippen molar-refractivity contribution in [1.82, 2.24) is 4.90 Å². The number of nitrogens with zero attached hydrogens (tertiary/aromatic N) is 4. The van der Waals surface area contributed by atoms with E-state index >= 15 is 0 Å². The lowest BCUT2D eigenvalue weighted by Crippen LogP contribution is -2.13. The molecule has 0 rings (SSSR count). The van der Waals surface area contributed by atoms with Crippen molar-refractivity contribution >= 4 is 36.8 Å². The van der Waals surface area contributed by atoms with Gasteiger partial charge < -0.3 is 4.90 Å². The van der Waals surface area contributed by atoms with E-state index in [1.807, 2.05) is 19.9 Å². The van der Waals surface area contributed by atoms with Crippen LogP contribution in [0, 0.1) is 5.41 Å². The van der Waals surface area contributed by atoms with Crippen LogP contribution in [-0.4, -0.2) is 57.2 Å². The van der Waals surface area contributed by atoms with Crippen LogP contribution in [0.5, 0.6) is 0 Å². The first-order valence-corrected chi connectivity index (χ1v) is 5.49. The average molecular weight is 298 g/mol. The Labute approximate surface area is 123 Å². The van der Waals surface area contributed by atoms with E-state index in [0.717, 1.165) is 26.1 Å². The van der Waals surface area contributed by atoms with E-state index in [4.69, 9.17) is 5.41 Å². The highest BCUT2D eigenvalue weighted by Gasteiger charge is 1.86. The molecular weight excluding hydrogens is 273 g/mol. The second kappa shape index (κ2) is 25.2. The fraction of sp³-hybridized carbons (Fsp3) is 0.818. The largest absolute Gasteiger partial charge is 0.309 e. The van der Waals surface area contributed by atoms with Crippen LogP contribution in [-0.2, 0) is 0 Å². The van der Waals surface area contributed by atoms with Crippen LogP contribution < -0.4 is 0 Å². The average Bonchev–Trinajstić information content (AvgIpc) is 2.25. The van der Waals surface area contributed by atoms with Crippen molar-refractivity contribution in [2.24, 2.45) is 15.0 Å². The summed E-state index contributed by atoms with van der Waals surface area (Å²) in [5, 5.41) is 6.19. The lowest BCUT2D eigenvalue weighted by Gasteiger charge is -2.05. The third-order valence-corrected chi connectivity index (χ3v) is 1.41. The minimum atomic E-state index is 0. The summed E-state index contributed by atoms with van der Waals surface area (Å²) >= 11 is 0. The van der Waals surface area contributed by atoms with Gasteiger partial charge in [0.1, 0.15) is 0 Å².